The summed E-state index contributed by atoms with van der Waals surface area (Å²) in [5.41, 5.74) is -7.93. The summed E-state index contributed by atoms with van der Waals surface area (Å²) in [7, 11) is 0. The molecular weight excluding hydrogens is 593 g/mol. The molecule has 0 amide bonds. The average Bonchev–Trinajstić information content (AvgIpc) is 4.05. The second-order valence-electron chi connectivity index (χ2n) is 10.5. The Balaban J connectivity index is 1.44. The summed E-state index contributed by atoms with van der Waals surface area (Å²) >= 11 is 0. The molecule has 10 aromatic rings. The van der Waals surface area contributed by atoms with E-state index in [1.807, 2.05) is 0 Å². The first-order valence-electron chi connectivity index (χ1n) is 29.4. The van der Waals surface area contributed by atoms with Gasteiger partial charge in [-0.2, -0.15) is 0 Å². The standard InChI is InChI=1S/C48H30O/c1-2-11-31(12-3-1)32-13-8-14-33(27-32)35-23-25-41-39-17-4-5-18-40(39)42-26-24-36(30-45(42)44(41)29-35)34-15-9-16-37(28-34)38-20-10-22-47-48(38)43-19-6-7-21-46(43)49-47/h1-30H/i1D,2D,3D,4D,5D,6D,7D,8D,9D,10D,11D,12D,13D,14D,15D,16D,17D,18D,19D,20D,21D,22D,23D,24D,25D,26D,27D,28D,29D,30D. The van der Waals surface area contributed by atoms with E-state index in [0.717, 1.165) is 0 Å². The summed E-state index contributed by atoms with van der Waals surface area (Å²) in [6, 6.07) is -28.7. The van der Waals surface area contributed by atoms with Gasteiger partial charge < -0.3 is 4.42 Å². The Morgan fingerprint density at radius 1 is 0.286 bits per heavy atom. The molecular formula is C48H30O. The van der Waals surface area contributed by atoms with E-state index in [4.69, 9.17) is 33.2 Å². The zero-order valence-electron chi connectivity index (χ0n) is 54.4. The topological polar surface area (TPSA) is 13.1 Å². The van der Waals surface area contributed by atoms with Crippen molar-refractivity contribution in [1.29, 1.82) is 0 Å². The van der Waals surface area contributed by atoms with Crippen LogP contribution in [0, 0.1) is 0 Å². The monoisotopic (exact) mass is 652 g/mol. The van der Waals surface area contributed by atoms with Gasteiger partial charge in [-0.05, 0) is 113 Å². The number of para-hydroxylation sites is 1. The highest BCUT2D eigenvalue weighted by atomic mass is 16.3. The lowest BCUT2D eigenvalue weighted by molar-refractivity contribution is 0.669. The Hall–Kier alpha value is -6.44. The van der Waals surface area contributed by atoms with Gasteiger partial charge in [-0.1, -0.05) is 145 Å². The quantitative estimate of drug-likeness (QED) is 0.172. The molecule has 1 nitrogen and oxygen atoms in total. The lowest BCUT2D eigenvalue weighted by Crippen LogP contribution is -1.87. The fourth-order valence-electron chi connectivity index (χ4n) is 5.61. The van der Waals surface area contributed by atoms with Crippen LogP contribution < -0.4 is 0 Å². The number of hydrogen-bond donors (Lipinski definition) is 0. The van der Waals surface area contributed by atoms with Crippen molar-refractivity contribution in [2.75, 3.05) is 0 Å². The minimum atomic E-state index is -1.08. The van der Waals surface area contributed by atoms with Crippen LogP contribution in [-0.2, 0) is 0 Å². The van der Waals surface area contributed by atoms with Gasteiger partial charge in [0.15, 0.2) is 0 Å². The third-order valence-corrected chi connectivity index (χ3v) is 7.76. The van der Waals surface area contributed by atoms with Gasteiger partial charge in [0.2, 0.25) is 0 Å². The number of hydrogen-bond acceptors (Lipinski definition) is 1. The van der Waals surface area contributed by atoms with Gasteiger partial charge in [-0.3, -0.25) is 0 Å². The van der Waals surface area contributed by atoms with E-state index >= 15 is 0 Å². The summed E-state index contributed by atoms with van der Waals surface area (Å²) in [6.07, 6.45) is 0. The first kappa shape index (κ1) is 11.1. The normalized spacial score (nSPS) is 20.2. The van der Waals surface area contributed by atoms with Gasteiger partial charge in [0.25, 0.3) is 0 Å². The van der Waals surface area contributed by atoms with Crippen molar-refractivity contribution in [2.24, 2.45) is 0 Å². The third kappa shape index (κ3) is 4.55. The fraction of sp³-hybridized carbons (Fsp3) is 0. The molecule has 1 aromatic heterocycles. The zero-order chi connectivity index (χ0) is 58.4. The fourth-order valence-corrected chi connectivity index (χ4v) is 5.61. The van der Waals surface area contributed by atoms with Crippen LogP contribution in [0.25, 0.3) is 98.8 Å². The summed E-state index contributed by atoms with van der Waals surface area (Å²) < 4.78 is 275. The number of rotatable bonds is 4. The Morgan fingerprint density at radius 3 is 1.41 bits per heavy atom. The lowest BCUT2D eigenvalue weighted by Gasteiger charge is -2.14. The maximum absolute atomic E-state index is 10.0. The molecule has 0 saturated heterocycles. The van der Waals surface area contributed by atoms with Crippen LogP contribution in [-0.4, -0.2) is 0 Å². The number of benzene rings is 9. The Bertz CT molecular complexity index is 4570. The molecule has 0 aliphatic heterocycles. The van der Waals surface area contributed by atoms with E-state index in [1.54, 1.807) is 0 Å². The molecule has 10 rings (SSSR count). The van der Waals surface area contributed by atoms with Crippen LogP contribution >= 0.6 is 0 Å². The van der Waals surface area contributed by atoms with Crippen molar-refractivity contribution in [2.45, 2.75) is 0 Å². The second kappa shape index (κ2) is 11.1. The summed E-state index contributed by atoms with van der Waals surface area (Å²) in [6.45, 7) is 0. The molecule has 0 fully saturated rings. The molecule has 1 heterocycles. The van der Waals surface area contributed by atoms with E-state index in [0.29, 0.717) is 0 Å². The maximum Gasteiger partial charge on any atom is 0.136 e. The van der Waals surface area contributed by atoms with Crippen LogP contribution in [0.5, 0.6) is 0 Å². The van der Waals surface area contributed by atoms with Crippen molar-refractivity contribution in [3.63, 3.8) is 0 Å². The summed E-state index contributed by atoms with van der Waals surface area (Å²) in [4.78, 5) is 0. The molecule has 9 aromatic carbocycles. The van der Waals surface area contributed by atoms with Gasteiger partial charge in [-0.25, -0.2) is 0 Å². The van der Waals surface area contributed by atoms with Crippen LogP contribution in [0.1, 0.15) is 41.1 Å². The highest BCUT2D eigenvalue weighted by Crippen LogP contribution is 2.41. The minimum absolute atomic E-state index is 0.468. The smallest absolute Gasteiger partial charge is 0.136 e. The molecule has 228 valence electrons. The molecule has 0 aliphatic rings. The number of fused-ring (bicyclic) bond motifs is 9. The summed E-state index contributed by atoms with van der Waals surface area (Å²) in [5.74, 6) is 0. The molecule has 0 atom stereocenters. The molecule has 1 heteroatoms. The maximum atomic E-state index is 10.0. The highest BCUT2D eigenvalue weighted by molar-refractivity contribution is 6.26. The van der Waals surface area contributed by atoms with Crippen LogP contribution in [0.3, 0.4) is 0 Å². The Kier molecular flexibility index (Phi) is 2.50. The first-order valence-corrected chi connectivity index (χ1v) is 14.4. The molecule has 0 aliphatic carbocycles. The molecule has 0 N–H and O–H groups in total. The van der Waals surface area contributed by atoms with E-state index in [9.17, 15) is 12.3 Å². The van der Waals surface area contributed by atoms with Gasteiger partial charge in [0, 0.05) is 10.8 Å². The largest absolute Gasteiger partial charge is 0.456 e. The minimum Gasteiger partial charge on any atom is -0.456 e. The molecule has 0 bridgehead atoms. The second-order valence-corrected chi connectivity index (χ2v) is 10.5. The third-order valence-electron chi connectivity index (χ3n) is 7.76. The SMILES string of the molecule is [2H]c1c([2H])c([2H])c(-c2c([2H])c([2H])c([2H])c(-c3c([2H])c([2H])c4c5c([2H])c([2H])c([2H])c([2H])c5c5c([2H])c([2H])c(-c6c([2H])c([2H])c([2H])c(-c7c([2H])c([2H])c([2H])c8oc9c([2H])c([2H])c([2H])c([2H])c9c78)c6[2H])c([2H])c5c4c3[2H])c2[2H])c([2H])c1[2H]. The molecule has 0 spiro atoms. The zero-order valence-corrected chi connectivity index (χ0v) is 24.4. The van der Waals surface area contributed by atoms with E-state index in [1.165, 1.54) is 0 Å². The highest BCUT2D eigenvalue weighted by Gasteiger charge is 2.15. The Morgan fingerprint density at radius 2 is 0.735 bits per heavy atom. The van der Waals surface area contributed by atoms with Crippen molar-refractivity contribution in [3.8, 4) is 44.5 Å². The molecule has 0 unspecified atom stereocenters. The number of furan rings is 1. The van der Waals surface area contributed by atoms with Crippen LogP contribution in [0.4, 0.5) is 0 Å². The average molecular weight is 653 g/mol. The van der Waals surface area contributed by atoms with Gasteiger partial charge in [0.1, 0.15) is 11.2 Å². The van der Waals surface area contributed by atoms with Crippen molar-refractivity contribution in [3.05, 3.63) is 181 Å². The van der Waals surface area contributed by atoms with Crippen molar-refractivity contribution < 1.29 is 45.5 Å². The first-order chi connectivity index (χ1) is 36.8. The van der Waals surface area contributed by atoms with Crippen molar-refractivity contribution >= 4 is 54.3 Å². The van der Waals surface area contributed by atoms with E-state index in [-0.39, 0.29) is 0 Å². The van der Waals surface area contributed by atoms with Crippen LogP contribution in [0.2, 0.25) is 0 Å². The molecule has 49 heavy (non-hydrogen) atoms. The molecule has 0 radical (unpaired) electrons. The van der Waals surface area contributed by atoms with Crippen LogP contribution in [0.15, 0.2) is 186 Å². The Labute approximate surface area is 326 Å². The van der Waals surface area contributed by atoms with E-state index < -0.39 is 280 Å². The van der Waals surface area contributed by atoms with E-state index in [2.05, 4.69) is 0 Å². The van der Waals surface area contributed by atoms with Gasteiger partial charge in [-0.15, -0.1) is 0 Å². The van der Waals surface area contributed by atoms with Gasteiger partial charge >= 0.3 is 0 Å². The molecule has 0 saturated carbocycles. The van der Waals surface area contributed by atoms with Gasteiger partial charge in [0.05, 0.1) is 41.1 Å². The predicted octanol–water partition coefficient (Wildman–Crippen LogP) is 13.7. The lowest BCUT2D eigenvalue weighted by atomic mass is 9.89. The predicted molar refractivity (Wildman–Crippen MR) is 208 cm³/mol. The van der Waals surface area contributed by atoms with Crippen molar-refractivity contribution in [1.82, 2.24) is 0 Å². The summed E-state index contributed by atoms with van der Waals surface area (Å²) in [5, 5.41) is -5.10.